The highest BCUT2D eigenvalue weighted by molar-refractivity contribution is 5.28. The Labute approximate surface area is 101 Å². The van der Waals surface area contributed by atoms with Crippen LogP contribution in [-0.4, -0.2) is 35.9 Å². The molecule has 1 aliphatic rings. The van der Waals surface area contributed by atoms with Crippen LogP contribution < -0.4 is 4.90 Å². The van der Waals surface area contributed by atoms with E-state index >= 15 is 0 Å². The van der Waals surface area contributed by atoms with Gasteiger partial charge in [-0.15, -0.1) is 0 Å². The highest BCUT2D eigenvalue weighted by atomic mass is 16.5. The average molecular weight is 240 g/mol. The van der Waals surface area contributed by atoms with E-state index in [0.717, 1.165) is 39.0 Å². The Balaban J connectivity index is 1.92. The lowest BCUT2D eigenvalue weighted by Crippen LogP contribution is -2.40. The Bertz CT molecular complexity index is 340. The number of hydrogen-bond acceptors (Lipinski definition) is 5. The molecule has 0 bridgehead atoms. The van der Waals surface area contributed by atoms with Gasteiger partial charge in [-0.05, 0) is 19.3 Å². The fourth-order valence-corrected chi connectivity index (χ4v) is 2.05. The second-order valence-electron chi connectivity index (χ2n) is 4.36. The van der Waals surface area contributed by atoms with Crippen LogP contribution in [0.5, 0.6) is 0 Å². The largest absolute Gasteiger partial charge is 0.432 e. The first-order chi connectivity index (χ1) is 8.33. The molecule has 1 atom stereocenters. The molecule has 96 valence electrons. The second-order valence-corrected chi connectivity index (χ2v) is 4.36. The van der Waals surface area contributed by atoms with Gasteiger partial charge in [0.2, 0.25) is 0 Å². The van der Waals surface area contributed by atoms with Crippen molar-refractivity contribution >= 4 is 6.01 Å². The highest BCUT2D eigenvalue weighted by Crippen LogP contribution is 2.20. The zero-order valence-electron chi connectivity index (χ0n) is 10.3. The van der Waals surface area contributed by atoms with Crippen molar-refractivity contribution < 1.29 is 14.3 Å². The molecular weight excluding hydrogens is 220 g/mol. The Morgan fingerprint density at radius 2 is 2.53 bits per heavy atom. The average Bonchev–Trinajstić information content (AvgIpc) is 2.85. The van der Waals surface area contributed by atoms with E-state index in [1.54, 1.807) is 0 Å². The van der Waals surface area contributed by atoms with Crippen molar-refractivity contribution in [1.82, 2.24) is 4.98 Å². The molecule has 17 heavy (non-hydrogen) atoms. The van der Waals surface area contributed by atoms with Crippen molar-refractivity contribution in [3.8, 4) is 0 Å². The summed E-state index contributed by atoms with van der Waals surface area (Å²) in [5.41, 5.74) is 0.580. The summed E-state index contributed by atoms with van der Waals surface area (Å²) in [7, 11) is 0. The summed E-state index contributed by atoms with van der Waals surface area (Å²) in [6.07, 6.45) is 5.01. The standard InChI is InChI=1S/C12H20N2O3/c1-2-6-16-11-4-3-5-14(7-11)12-13-10(8-15)9-17-12/h9,11,15H,2-8H2,1H3. The number of aliphatic hydroxyl groups excluding tert-OH is 1. The summed E-state index contributed by atoms with van der Waals surface area (Å²) < 4.78 is 11.1. The number of hydrogen-bond donors (Lipinski definition) is 1. The van der Waals surface area contributed by atoms with Gasteiger partial charge in [-0.25, -0.2) is 0 Å². The molecule has 2 rings (SSSR count). The van der Waals surface area contributed by atoms with E-state index in [2.05, 4.69) is 16.8 Å². The molecule has 1 aromatic rings. The summed E-state index contributed by atoms with van der Waals surface area (Å²) in [6, 6.07) is 0.596. The van der Waals surface area contributed by atoms with E-state index in [-0.39, 0.29) is 12.7 Å². The van der Waals surface area contributed by atoms with Crippen LogP contribution in [0.1, 0.15) is 31.9 Å². The molecule has 1 aromatic heterocycles. The van der Waals surface area contributed by atoms with Crippen LogP contribution in [0, 0.1) is 0 Å². The quantitative estimate of drug-likeness (QED) is 0.846. The molecule has 2 heterocycles. The number of aromatic nitrogens is 1. The van der Waals surface area contributed by atoms with Crippen LogP contribution in [0.3, 0.4) is 0 Å². The number of anilines is 1. The van der Waals surface area contributed by atoms with Gasteiger partial charge >= 0.3 is 0 Å². The molecule has 1 saturated heterocycles. The first kappa shape index (κ1) is 12.4. The van der Waals surface area contributed by atoms with Crippen molar-refractivity contribution in [3.05, 3.63) is 12.0 Å². The number of ether oxygens (including phenoxy) is 1. The van der Waals surface area contributed by atoms with Gasteiger partial charge in [0.05, 0.1) is 12.7 Å². The number of aliphatic hydroxyl groups is 1. The molecule has 5 nitrogen and oxygen atoms in total. The highest BCUT2D eigenvalue weighted by Gasteiger charge is 2.23. The van der Waals surface area contributed by atoms with Crippen molar-refractivity contribution in [2.45, 2.75) is 38.9 Å². The minimum Gasteiger partial charge on any atom is -0.432 e. The van der Waals surface area contributed by atoms with Gasteiger partial charge in [0.15, 0.2) is 0 Å². The molecule has 1 N–H and O–H groups in total. The predicted molar refractivity (Wildman–Crippen MR) is 63.9 cm³/mol. The Kier molecular flexibility index (Phi) is 4.39. The zero-order valence-corrected chi connectivity index (χ0v) is 10.3. The molecule has 0 aliphatic carbocycles. The van der Waals surface area contributed by atoms with Gasteiger partial charge in [-0.1, -0.05) is 6.92 Å². The first-order valence-electron chi connectivity index (χ1n) is 6.25. The molecule has 0 amide bonds. The van der Waals surface area contributed by atoms with Crippen LogP contribution in [0.25, 0.3) is 0 Å². The van der Waals surface area contributed by atoms with Crippen molar-refractivity contribution in [1.29, 1.82) is 0 Å². The maximum atomic E-state index is 8.95. The van der Waals surface area contributed by atoms with Crippen molar-refractivity contribution in [2.24, 2.45) is 0 Å². The van der Waals surface area contributed by atoms with E-state index in [1.165, 1.54) is 6.26 Å². The molecular formula is C12H20N2O3. The SMILES string of the molecule is CCCOC1CCCN(c2nc(CO)co2)C1. The summed E-state index contributed by atoms with van der Waals surface area (Å²) in [6.45, 7) is 4.62. The molecule has 0 saturated carbocycles. The monoisotopic (exact) mass is 240 g/mol. The van der Waals surface area contributed by atoms with Crippen LogP contribution in [0.2, 0.25) is 0 Å². The number of oxazole rings is 1. The summed E-state index contributed by atoms with van der Waals surface area (Å²) >= 11 is 0. The van der Waals surface area contributed by atoms with E-state index in [4.69, 9.17) is 14.3 Å². The Hall–Kier alpha value is -1.07. The van der Waals surface area contributed by atoms with Gasteiger partial charge in [0.1, 0.15) is 12.0 Å². The molecule has 0 radical (unpaired) electrons. The maximum absolute atomic E-state index is 8.95. The van der Waals surface area contributed by atoms with Gasteiger partial charge < -0.3 is 19.2 Å². The van der Waals surface area contributed by atoms with Gasteiger partial charge in [-0.2, -0.15) is 4.98 Å². The first-order valence-corrected chi connectivity index (χ1v) is 6.25. The lowest BCUT2D eigenvalue weighted by molar-refractivity contribution is 0.0431. The predicted octanol–water partition coefficient (Wildman–Crippen LogP) is 1.56. The topological polar surface area (TPSA) is 58.7 Å². The summed E-state index contributed by atoms with van der Waals surface area (Å²) in [4.78, 5) is 6.31. The minimum absolute atomic E-state index is 0.0763. The lowest BCUT2D eigenvalue weighted by atomic mass is 10.1. The van der Waals surface area contributed by atoms with Crippen LogP contribution in [0.4, 0.5) is 6.01 Å². The van der Waals surface area contributed by atoms with Crippen LogP contribution in [0.15, 0.2) is 10.7 Å². The fraction of sp³-hybridized carbons (Fsp3) is 0.750. The van der Waals surface area contributed by atoms with E-state index in [9.17, 15) is 0 Å². The Morgan fingerprint density at radius 3 is 3.24 bits per heavy atom. The molecule has 1 unspecified atom stereocenters. The van der Waals surface area contributed by atoms with Crippen LogP contribution in [-0.2, 0) is 11.3 Å². The summed E-state index contributed by atoms with van der Waals surface area (Å²) in [5.74, 6) is 0. The van der Waals surface area contributed by atoms with Crippen molar-refractivity contribution in [2.75, 3.05) is 24.6 Å². The molecule has 1 aliphatic heterocycles. The van der Waals surface area contributed by atoms with Gasteiger partial charge in [0.25, 0.3) is 6.01 Å². The summed E-state index contributed by atoms with van der Waals surface area (Å²) in [5, 5.41) is 8.95. The minimum atomic E-state index is -0.0763. The molecule has 0 spiro atoms. The zero-order chi connectivity index (χ0) is 12.1. The lowest BCUT2D eigenvalue weighted by Gasteiger charge is -2.31. The van der Waals surface area contributed by atoms with Gasteiger partial charge in [0, 0.05) is 19.7 Å². The molecule has 1 fully saturated rings. The van der Waals surface area contributed by atoms with Crippen molar-refractivity contribution in [3.63, 3.8) is 0 Å². The van der Waals surface area contributed by atoms with E-state index in [0.29, 0.717) is 11.7 Å². The Morgan fingerprint density at radius 1 is 1.65 bits per heavy atom. The number of nitrogens with zero attached hydrogens (tertiary/aromatic N) is 2. The fourth-order valence-electron chi connectivity index (χ4n) is 2.05. The third-order valence-electron chi connectivity index (χ3n) is 2.91. The van der Waals surface area contributed by atoms with E-state index < -0.39 is 0 Å². The van der Waals surface area contributed by atoms with Gasteiger partial charge in [-0.3, -0.25) is 0 Å². The smallest absolute Gasteiger partial charge is 0.297 e. The third kappa shape index (κ3) is 3.20. The number of rotatable bonds is 5. The molecule has 0 aromatic carbocycles. The van der Waals surface area contributed by atoms with Crippen LogP contribution >= 0.6 is 0 Å². The third-order valence-corrected chi connectivity index (χ3v) is 2.91. The number of piperidine rings is 1. The maximum Gasteiger partial charge on any atom is 0.297 e. The molecule has 5 heteroatoms. The second kappa shape index (κ2) is 6.02. The normalized spacial score (nSPS) is 20.8. The van der Waals surface area contributed by atoms with E-state index in [1.807, 2.05) is 0 Å².